The number of nitrogens with one attached hydrogen (secondary N) is 4. The Bertz CT molecular complexity index is 1630. The van der Waals surface area contributed by atoms with Crippen LogP contribution in [0.1, 0.15) is 21.6 Å². The van der Waals surface area contributed by atoms with E-state index < -0.39 is 35.7 Å². The number of benzene rings is 1. The van der Waals surface area contributed by atoms with Crippen molar-refractivity contribution in [3.63, 3.8) is 0 Å². The van der Waals surface area contributed by atoms with Crippen molar-refractivity contribution in [2.45, 2.75) is 25.2 Å². The van der Waals surface area contributed by atoms with E-state index in [0.29, 0.717) is 24.6 Å². The van der Waals surface area contributed by atoms with E-state index in [1.165, 1.54) is 23.1 Å². The molecule has 3 amide bonds. The molecule has 0 fully saturated rings. The number of carbonyl (C=O) groups is 2. The molecular formula is C27H24F4N8O4. The summed E-state index contributed by atoms with van der Waals surface area (Å²) in [5.74, 6) is -1.31. The van der Waals surface area contributed by atoms with Gasteiger partial charge < -0.3 is 25.4 Å². The number of urea groups is 1. The molecule has 43 heavy (non-hydrogen) atoms. The first-order valence-electron chi connectivity index (χ1n) is 12.8. The topological polar surface area (TPSA) is 144 Å². The Morgan fingerprint density at radius 1 is 0.930 bits per heavy atom. The number of hydrogen-bond acceptors (Lipinski definition) is 8. The van der Waals surface area contributed by atoms with Gasteiger partial charge in [0.05, 0.1) is 6.20 Å². The predicted molar refractivity (Wildman–Crippen MR) is 145 cm³/mol. The van der Waals surface area contributed by atoms with Crippen molar-refractivity contribution < 1.29 is 36.6 Å². The monoisotopic (exact) mass is 600 g/mol. The molecular weight excluding hydrogens is 576 g/mol. The SMILES string of the molecule is Cn1ncc(C(=O)Nc2ccc3c(c2)OC(F)(F)C(F)(F)O3)c1NCc1ccnc(NC(=O)NCCc2ccccn2)c1. The number of halogens is 4. The minimum atomic E-state index is -4.89. The van der Waals surface area contributed by atoms with E-state index in [-0.39, 0.29) is 17.8 Å². The normalized spacial score (nSPS) is 14.4. The third-order valence-electron chi connectivity index (χ3n) is 6.12. The molecule has 4 N–H and O–H groups in total. The van der Waals surface area contributed by atoms with Gasteiger partial charge in [-0.3, -0.25) is 19.8 Å². The van der Waals surface area contributed by atoms with Gasteiger partial charge >= 0.3 is 18.2 Å². The molecule has 0 bridgehead atoms. The largest absolute Gasteiger partial charge is 0.507 e. The maximum Gasteiger partial charge on any atom is 0.507 e. The van der Waals surface area contributed by atoms with Crippen molar-refractivity contribution in [1.82, 2.24) is 25.1 Å². The van der Waals surface area contributed by atoms with Crippen LogP contribution in [-0.4, -0.2) is 50.4 Å². The summed E-state index contributed by atoms with van der Waals surface area (Å²) in [5, 5.41) is 15.1. The Balaban J connectivity index is 1.18. The van der Waals surface area contributed by atoms with Crippen LogP contribution in [0.2, 0.25) is 0 Å². The van der Waals surface area contributed by atoms with Gasteiger partial charge in [-0.25, -0.2) is 9.78 Å². The summed E-state index contributed by atoms with van der Waals surface area (Å²) in [5.41, 5.74) is 1.66. The van der Waals surface area contributed by atoms with Crippen molar-refractivity contribution in [2.24, 2.45) is 7.05 Å². The van der Waals surface area contributed by atoms with Crippen LogP contribution in [0, 0.1) is 0 Å². The highest BCUT2D eigenvalue weighted by atomic mass is 19.3. The standard InChI is InChI=1S/C27H24F4N8O4/c1-39-23(35-14-16-7-10-33-22(12-16)38-25(41)34-11-8-17-4-2-3-9-32-17)19(15-36-39)24(40)37-18-5-6-20-21(13-18)43-27(30,31)26(28,29)42-20/h2-7,9-10,12-13,15,35H,8,11,14H2,1H3,(H,37,40)(H2,33,34,38,41). The lowest BCUT2D eigenvalue weighted by atomic mass is 10.2. The summed E-state index contributed by atoms with van der Waals surface area (Å²) in [7, 11) is 1.60. The van der Waals surface area contributed by atoms with E-state index in [9.17, 15) is 27.2 Å². The molecule has 5 rings (SSSR count). The van der Waals surface area contributed by atoms with Gasteiger partial charge in [0.25, 0.3) is 5.91 Å². The van der Waals surface area contributed by atoms with Crippen LogP contribution in [0.25, 0.3) is 0 Å². The number of pyridine rings is 2. The Morgan fingerprint density at radius 2 is 1.72 bits per heavy atom. The number of anilines is 3. The van der Waals surface area contributed by atoms with Crippen LogP contribution in [-0.2, 0) is 20.0 Å². The van der Waals surface area contributed by atoms with Gasteiger partial charge in [0.1, 0.15) is 17.2 Å². The molecule has 0 atom stereocenters. The first-order chi connectivity index (χ1) is 20.5. The fourth-order valence-electron chi connectivity index (χ4n) is 4.01. The highest BCUT2D eigenvalue weighted by Gasteiger charge is 2.65. The minimum absolute atomic E-state index is 0.00803. The Labute approximate surface area is 241 Å². The molecule has 0 saturated carbocycles. The van der Waals surface area contributed by atoms with Gasteiger partial charge in [0, 0.05) is 56.4 Å². The van der Waals surface area contributed by atoms with Crippen molar-refractivity contribution >= 4 is 29.3 Å². The van der Waals surface area contributed by atoms with Crippen LogP contribution in [0.3, 0.4) is 0 Å². The van der Waals surface area contributed by atoms with E-state index in [1.807, 2.05) is 18.2 Å². The number of alkyl halides is 4. The fourth-order valence-corrected chi connectivity index (χ4v) is 4.01. The summed E-state index contributed by atoms with van der Waals surface area (Å²) < 4.78 is 63.5. The zero-order valence-corrected chi connectivity index (χ0v) is 22.4. The van der Waals surface area contributed by atoms with Crippen molar-refractivity contribution in [2.75, 3.05) is 22.5 Å². The maximum absolute atomic E-state index is 13.6. The average Bonchev–Trinajstić information content (AvgIpc) is 3.33. The molecule has 0 aliphatic carbocycles. The molecule has 12 nitrogen and oxygen atoms in total. The lowest BCUT2D eigenvalue weighted by Crippen LogP contribution is -2.52. The second kappa shape index (κ2) is 11.8. The van der Waals surface area contributed by atoms with E-state index in [4.69, 9.17) is 0 Å². The predicted octanol–water partition coefficient (Wildman–Crippen LogP) is 4.40. The van der Waals surface area contributed by atoms with Gasteiger partial charge in [-0.15, -0.1) is 0 Å². The molecule has 0 radical (unpaired) electrons. The number of aromatic nitrogens is 4. The summed E-state index contributed by atoms with van der Waals surface area (Å²) in [6.07, 6.45) is -4.69. The lowest BCUT2D eigenvalue weighted by Gasteiger charge is -2.31. The first-order valence-corrected chi connectivity index (χ1v) is 12.8. The number of aryl methyl sites for hydroxylation is 1. The van der Waals surface area contributed by atoms with Gasteiger partial charge in [0.2, 0.25) is 0 Å². The third-order valence-corrected chi connectivity index (χ3v) is 6.12. The summed E-state index contributed by atoms with van der Waals surface area (Å²) in [6.45, 7) is 0.593. The Hall–Kier alpha value is -5.41. The molecule has 3 aromatic heterocycles. The number of rotatable bonds is 9. The zero-order valence-electron chi connectivity index (χ0n) is 22.4. The van der Waals surface area contributed by atoms with E-state index in [1.54, 1.807) is 25.4 Å². The molecule has 4 aromatic rings. The quantitative estimate of drug-likeness (QED) is 0.207. The average molecular weight is 601 g/mol. The maximum atomic E-state index is 13.6. The highest BCUT2D eigenvalue weighted by molar-refractivity contribution is 6.07. The lowest BCUT2D eigenvalue weighted by molar-refractivity contribution is -0.391. The van der Waals surface area contributed by atoms with Crippen molar-refractivity contribution in [1.29, 1.82) is 0 Å². The Morgan fingerprint density at radius 3 is 2.49 bits per heavy atom. The molecule has 1 aliphatic heterocycles. The second-order valence-corrected chi connectivity index (χ2v) is 9.24. The number of fused-ring (bicyclic) bond motifs is 1. The molecule has 0 spiro atoms. The van der Waals surface area contributed by atoms with E-state index in [2.05, 4.69) is 45.8 Å². The third kappa shape index (κ3) is 6.74. The van der Waals surface area contributed by atoms with Crippen LogP contribution in [0.15, 0.2) is 67.1 Å². The summed E-state index contributed by atoms with van der Waals surface area (Å²) in [4.78, 5) is 33.6. The van der Waals surface area contributed by atoms with Gasteiger partial charge in [-0.1, -0.05) is 6.07 Å². The van der Waals surface area contributed by atoms with Gasteiger partial charge in [-0.05, 0) is 42.0 Å². The van der Waals surface area contributed by atoms with Crippen LogP contribution in [0.4, 0.5) is 39.7 Å². The molecule has 224 valence electrons. The molecule has 0 saturated heterocycles. The van der Waals surface area contributed by atoms with Crippen LogP contribution >= 0.6 is 0 Å². The summed E-state index contributed by atoms with van der Waals surface area (Å²) in [6, 6.07) is 11.6. The van der Waals surface area contributed by atoms with Crippen LogP contribution in [0.5, 0.6) is 11.5 Å². The van der Waals surface area contributed by atoms with Crippen molar-refractivity contribution in [3.8, 4) is 11.5 Å². The number of amides is 3. The van der Waals surface area contributed by atoms with E-state index >= 15 is 0 Å². The number of hydrogen-bond donors (Lipinski definition) is 4. The second-order valence-electron chi connectivity index (χ2n) is 9.24. The Kier molecular flexibility index (Phi) is 8.00. The van der Waals surface area contributed by atoms with Crippen molar-refractivity contribution in [3.05, 3.63) is 83.9 Å². The summed E-state index contributed by atoms with van der Waals surface area (Å²) >= 11 is 0. The molecule has 1 aliphatic rings. The molecule has 0 unspecified atom stereocenters. The molecule has 4 heterocycles. The number of ether oxygens (including phenoxy) is 2. The highest BCUT2D eigenvalue weighted by Crippen LogP contribution is 2.47. The van der Waals surface area contributed by atoms with Gasteiger partial charge in [0.15, 0.2) is 11.5 Å². The fraction of sp³-hybridized carbons (Fsp3) is 0.222. The smallest absolute Gasteiger partial charge is 0.421 e. The zero-order chi connectivity index (χ0) is 30.6. The first kappa shape index (κ1) is 29.1. The molecule has 16 heteroatoms. The number of carbonyl (C=O) groups excluding carboxylic acids is 2. The van der Waals surface area contributed by atoms with E-state index in [0.717, 1.165) is 23.4 Å². The van der Waals surface area contributed by atoms with Gasteiger partial charge in [-0.2, -0.15) is 22.7 Å². The molecule has 1 aromatic carbocycles. The van der Waals surface area contributed by atoms with Crippen LogP contribution < -0.4 is 30.7 Å². The number of nitrogens with zero attached hydrogens (tertiary/aromatic N) is 4. The minimum Gasteiger partial charge on any atom is -0.421 e.